The predicted octanol–water partition coefficient (Wildman–Crippen LogP) is 4.92. The van der Waals surface area contributed by atoms with Gasteiger partial charge in [-0.15, -0.1) is 0 Å². The van der Waals surface area contributed by atoms with Crippen LogP contribution in [0, 0.1) is 20.8 Å². The Morgan fingerprint density at radius 3 is 2.48 bits per heavy atom. The van der Waals surface area contributed by atoms with Gasteiger partial charge in [-0.25, -0.2) is 9.97 Å². The molecule has 0 radical (unpaired) electrons. The first-order valence-corrected chi connectivity index (χ1v) is 9.02. The minimum Gasteiger partial charge on any atom is -0.366 e. The Morgan fingerprint density at radius 1 is 1.04 bits per heavy atom. The van der Waals surface area contributed by atoms with Crippen LogP contribution in [0.4, 0.5) is 11.5 Å². The Kier molecular flexibility index (Phi) is 5.72. The van der Waals surface area contributed by atoms with Crippen LogP contribution in [-0.2, 0) is 6.54 Å². The molecule has 1 amide bonds. The van der Waals surface area contributed by atoms with Crippen LogP contribution in [0.15, 0.2) is 48.5 Å². The molecule has 2 N–H and O–H groups in total. The van der Waals surface area contributed by atoms with Gasteiger partial charge in [-0.05, 0) is 43.5 Å². The Balaban J connectivity index is 1.78. The van der Waals surface area contributed by atoms with Crippen molar-refractivity contribution in [2.75, 3.05) is 10.6 Å². The Labute approximate surface area is 163 Å². The Hall–Kier alpha value is -2.92. The first-order valence-electron chi connectivity index (χ1n) is 8.64. The minimum absolute atomic E-state index is 0.286. The Morgan fingerprint density at radius 2 is 1.78 bits per heavy atom. The molecule has 0 saturated carbocycles. The third-order valence-corrected chi connectivity index (χ3v) is 4.36. The molecule has 6 heteroatoms. The highest BCUT2D eigenvalue weighted by Crippen LogP contribution is 2.27. The van der Waals surface area contributed by atoms with Crippen molar-refractivity contribution < 1.29 is 4.79 Å². The topological polar surface area (TPSA) is 66.9 Å². The average Bonchev–Trinajstić information content (AvgIpc) is 2.63. The van der Waals surface area contributed by atoms with Gasteiger partial charge in [-0.2, -0.15) is 0 Å². The fraction of sp³-hybridized carbons (Fsp3) is 0.190. The zero-order chi connectivity index (χ0) is 19.4. The molecule has 3 rings (SSSR count). The second-order valence-corrected chi connectivity index (χ2v) is 6.82. The van der Waals surface area contributed by atoms with E-state index >= 15 is 0 Å². The number of halogens is 1. The maximum absolute atomic E-state index is 12.7. The van der Waals surface area contributed by atoms with Gasteiger partial charge >= 0.3 is 0 Å². The van der Waals surface area contributed by atoms with E-state index in [2.05, 4.69) is 20.6 Å². The lowest BCUT2D eigenvalue weighted by atomic mass is 10.1. The van der Waals surface area contributed by atoms with Crippen molar-refractivity contribution in [3.05, 3.63) is 81.8 Å². The summed E-state index contributed by atoms with van der Waals surface area (Å²) in [7, 11) is 0. The molecule has 0 atom stereocenters. The van der Waals surface area contributed by atoms with Crippen LogP contribution in [-0.4, -0.2) is 15.9 Å². The maximum Gasteiger partial charge on any atom is 0.274 e. The maximum atomic E-state index is 12.7. The first kappa shape index (κ1) is 18.9. The molecule has 0 unspecified atom stereocenters. The van der Waals surface area contributed by atoms with E-state index in [1.165, 1.54) is 0 Å². The van der Waals surface area contributed by atoms with Crippen LogP contribution in [0.25, 0.3) is 0 Å². The van der Waals surface area contributed by atoms with E-state index in [0.717, 1.165) is 16.7 Å². The van der Waals surface area contributed by atoms with Crippen LogP contribution < -0.4 is 10.6 Å². The second-order valence-electron chi connectivity index (χ2n) is 6.42. The quantitative estimate of drug-likeness (QED) is 0.659. The molecule has 0 aliphatic heterocycles. The highest BCUT2D eigenvalue weighted by Gasteiger charge is 2.14. The lowest BCUT2D eigenvalue weighted by molar-refractivity contribution is 0.102. The third kappa shape index (κ3) is 4.83. The largest absolute Gasteiger partial charge is 0.366 e. The molecule has 0 spiro atoms. The number of aryl methyl sites for hydroxylation is 3. The second kappa shape index (κ2) is 8.18. The first-order chi connectivity index (χ1) is 12.9. The number of carbonyl (C=O) groups excluding carboxylic acids is 1. The van der Waals surface area contributed by atoms with Gasteiger partial charge in [0.1, 0.15) is 17.3 Å². The lowest BCUT2D eigenvalue weighted by Gasteiger charge is -2.12. The van der Waals surface area contributed by atoms with Crippen molar-refractivity contribution in [1.82, 2.24) is 9.97 Å². The van der Waals surface area contributed by atoms with E-state index in [1.54, 1.807) is 13.0 Å². The van der Waals surface area contributed by atoms with E-state index in [0.29, 0.717) is 28.9 Å². The highest BCUT2D eigenvalue weighted by atomic mass is 35.5. The zero-order valence-electron chi connectivity index (χ0n) is 15.5. The number of hydrogen-bond donors (Lipinski definition) is 2. The highest BCUT2D eigenvalue weighted by molar-refractivity contribution is 6.34. The summed E-state index contributed by atoms with van der Waals surface area (Å²) in [5.41, 5.74) is 3.96. The van der Waals surface area contributed by atoms with Crippen molar-refractivity contribution in [1.29, 1.82) is 0 Å². The number of amides is 1. The van der Waals surface area contributed by atoms with Gasteiger partial charge in [0.25, 0.3) is 5.91 Å². The third-order valence-electron chi connectivity index (χ3n) is 4.06. The number of anilines is 2. The van der Waals surface area contributed by atoms with E-state index in [1.807, 2.05) is 56.3 Å². The number of nitrogens with one attached hydrogen (secondary N) is 2. The summed E-state index contributed by atoms with van der Waals surface area (Å²) < 4.78 is 0. The van der Waals surface area contributed by atoms with Crippen LogP contribution in [0.2, 0.25) is 5.02 Å². The van der Waals surface area contributed by atoms with E-state index in [4.69, 9.17) is 11.6 Å². The number of benzene rings is 2. The molecule has 0 saturated heterocycles. The zero-order valence-corrected chi connectivity index (χ0v) is 16.3. The molecule has 0 aliphatic carbocycles. The van der Waals surface area contributed by atoms with Crippen molar-refractivity contribution in [2.24, 2.45) is 0 Å². The molecule has 5 nitrogen and oxygen atoms in total. The summed E-state index contributed by atoms with van der Waals surface area (Å²) in [5.74, 6) is 0.797. The summed E-state index contributed by atoms with van der Waals surface area (Å²) in [5, 5.41) is 6.60. The van der Waals surface area contributed by atoms with Gasteiger partial charge in [0.15, 0.2) is 0 Å². The summed E-state index contributed by atoms with van der Waals surface area (Å²) in [6.45, 7) is 6.24. The molecule has 138 valence electrons. The summed E-state index contributed by atoms with van der Waals surface area (Å²) in [4.78, 5) is 21.3. The normalized spacial score (nSPS) is 10.5. The van der Waals surface area contributed by atoms with Crippen LogP contribution >= 0.6 is 11.6 Å². The molecule has 1 aromatic heterocycles. The average molecular weight is 381 g/mol. The summed E-state index contributed by atoms with van der Waals surface area (Å²) in [6, 6.07) is 15.4. The molecule has 3 aromatic rings. The van der Waals surface area contributed by atoms with Crippen LogP contribution in [0.5, 0.6) is 0 Å². The molecule has 2 aromatic carbocycles. The molecule has 0 bridgehead atoms. The van der Waals surface area contributed by atoms with Gasteiger partial charge in [0.05, 0.1) is 10.7 Å². The molecular formula is C21H21ClN4O. The number of rotatable bonds is 5. The standard InChI is InChI=1S/C21H21ClN4O/c1-13-9-14(2)20(17(22)10-13)26-21(27)18-11-19(25-15(3)24-18)23-12-16-7-5-4-6-8-16/h4-11H,12H2,1-3H3,(H,26,27)(H,23,24,25). The number of aromatic nitrogens is 2. The lowest BCUT2D eigenvalue weighted by Crippen LogP contribution is -2.17. The van der Waals surface area contributed by atoms with E-state index in [-0.39, 0.29) is 11.6 Å². The van der Waals surface area contributed by atoms with Crippen molar-refractivity contribution in [2.45, 2.75) is 27.3 Å². The number of nitrogens with zero attached hydrogens (tertiary/aromatic N) is 2. The fourth-order valence-electron chi connectivity index (χ4n) is 2.81. The number of hydrogen-bond acceptors (Lipinski definition) is 4. The van der Waals surface area contributed by atoms with Gasteiger partial charge < -0.3 is 10.6 Å². The van der Waals surface area contributed by atoms with Crippen molar-refractivity contribution in [3.63, 3.8) is 0 Å². The number of carbonyl (C=O) groups is 1. The van der Waals surface area contributed by atoms with Gasteiger partial charge in [-0.1, -0.05) is 48.0 Å². The molecule has 0 fully saturated rings. The minimum atomic E-state index is -0.322. The SMILES string of the molecule is Cc1cc(C)c(NC(=O)c2cc(NCc3ccccc3)nc(C)n2)c(Cl)c1. The van der Waals surface area contributed by atoms with E-state index < -0.39 is 0 Å². The molecule has 27 heavy (non-hydrogen) atoms. The van der Waals surface area contributed by atoms with Crippen molar-refractivity contribution >= 4 is 29.0 Å². The van der Waals surface area contributed by atoms with Crippen molar-refractivity contribution in [3.8, 4) is 0 Å². The summed E-state index contributed by atoms with van der Waals surface area (Å²) >= 11 is 6.29. The van der Waals surface area contributed by atoms with E-state index in [9.17, 15) is 4.79 Å². The fourth-order valence-corrected chi connectivity index (χ4v) is 3.18. The molecular weight excluding hydrogens is 360 g/mol. The van der Waals surface area contributed by atoms with Gasteiger partial charge in [-0.3, -0.25) is 4.79 Å². The van der Waals surface area contributed by atoms with Crippen LogP contribution in [0.1, 0.15) is 33.0 Å². The monoisotopic (exact) mass is 380 g/mol. The summed E-state index contributed by atoms with van der Waals surface area (Å²) in [6.07, 6.45) is 0. The molecule has 1 heterocycles. The smallest absolute Gasteiger partial charge is 0.274 e. The predicted molar refractivity (Wildman–Crippen MR) is 109 cm³/mol. The van der Waals surface area contributed by atoms with Gasteiger partial charge in [0.2, 0.25) is 0 Å². The Bertz CT molecular complexity index is 950. The van der Waals surface area contributed by atoms with Gasteiger partial charge in [0, 0.05) is 12.6 Å². The van der Waals surface area contributed by atoms with Crippen LogP contribution in [0.3, 0.4) is 0 Å². The molecule has 0 aliphatic rings.